The number of amides is 1. The molecule has 0 radical (unpaired) electrons. The van der Waals surface area contributed by atoms with Crippen LogP contribution < -0.4 is 5.32 Å². The Morgan fingerprint density at radius 1 is 1.20 bits per heavy atom. The summed E-state index contributed by atoms with van der Waals surface area (Å²) >= 11 is 0. The molecule has 0 bridgehead atoms. The first-order valence-electron chi connectivity index (χ1n) is 8.58. The number of nitrogens with zero attached hydrogens (tertiary/aromatic N) is 2. The molecule has 6 heteroatoms. The number of anilines is 1. The molecule has 2 fully saturated rings. The van der Waals surface area contributed by atoms with Crippen LogP contribution in [0.15, 0.2) is 42.6 Å². The van der Waals surface area contributed by atoms with Gasteiger partial charge in [0, 0.05) is 18.8 Å². The van der Waals surface area contributed by atoms with Crippen molar-refractivity contribution in [2.75, 3.05) is 25.0 Å². The smallest absolute Gasteiger partial charge is 0.255 e. The van der Waals surface area contributed by atoms with Gasteiger partial charge in [-0.2, -0.15) is 0 Å². The van der Waals surface area contributed by atoms with Gasteiger partial charge < -0.3 is 15.0 Å². The number of nitrogens with one attached hydrogen (secondary N) is 1. The molecule has 4 rings (SSSR count). The molecule has 0 spiro atoms. The lowest BCUT2D eigenvalue weighted by Gasteiger charge is -2.33. The number of halogens is 1. The molecular formula is C19H20FN3O2. The molecule has 1 aliphatic heterocycles. The van der Waals surface area contributed by atoms with Crippen LogP contribution in [0, 0.1) is 5.82 Å². The number of morpholine rings is 1. The monoisotopic (exact) mass is 341 g/mol. The van der Waals surface area contributed by atoms with Gasteiger partial charge in [-0.15, -0.1) is 0 Å². The van der Waals surface area contributed by atoms with E-state index in [0.717, 1.165) is 11.4 Å². The van der Waals surface area contributed by atoms with Crippen molar-refractivity contribution in [3.05, 3.63) is 59.5 Å². The van der Waals surface area contributed by atoms with E-state index in [2.05, 4.69) is 10.3 Å². The summed E-state index contributed by atoms with van der Waals surface area (Å²) in [7, 11) is 0. The van der Waals surface area contributed by atoms with E-state index < -0.39 is 0 Å². The Bertz CT molecular complexity index is 744. The van der Waals surface area contributed by atoms with Crippen LogP contribution >= 0.6 is 0 Å². The lowest BCUT2D eigenvalue weighted by Crippen LogP contribution is -2.42. The van der Waals surface area contributed by atoms with E-state index in [0.29, 0.717) is 31.3 Å². The number of hydrogen-bond acceptors (Lipinski definition) is 4. The quantitative estimate of drug-likeness (QED) is 0.929. The van der Waals surface area contributed by atoms with Crippen LogP contribution in [-0.4, -0.2) is 41.5 Å². The van der Waals surface area contributed by atoms with Gasteiger partial charge >= 0.3 is 0 Å². The fourth-order valence-corrected chi connectivity index (χ4v) is 2.94. The fraction of sp³-hybridized carbons (Fsp3) is 0.368. The van der Waals surface area contributed by atoms with Crippen LogP contribution in [0.25, 0.3) is 0 Å². The van der Waals surface area contributed by atoms with Crippen molar-refractivity contribution < 1.29 is 13.9 Å². The second kappa shape index (κ2) is 6.80. The van der Waals surface area contributed by atoms with Gasteiger partial charge in [-0.3, -0.25) is 4.79 Å². The lowest BCUT2D eigenvalue weighted by atomic mass is 10.1. The van der Waals surface area contributed by atoms with Crippen molar-refractivity contribution in [3.8, 4) is 0 Å². The fourth-order valence-electron chi connectivity index (χ4n) is 2.94. The predicted octanol–water partition coefficient (Wildman–Crippen LogP) is 3.01. The van der Waals surface area contributed by atoms with Gasteiger partial charge in [0.15, 0.2) is 0 Å². The summed E-state index contributed by atoms with van der Waals surface area (Å²) in [5, 5.41) is 3.31. The maximum atomic E-state index is 13.1. The Morgan fingerprint density at radius 2 is 2.00 bits per heavy atom. The predicted molar refractivity (Wildman–Crippen MR) is 91.9 cm³/mol. The topological polar surface area (TPSA) is 54.5 Å². The summed E-state index contributed by atoms with van der Waals surface area (Å²) in [4.78, 5) is 18.8. The Morgan fingerprint density at radius 3 is 2.68 bits per heavy atom. The van der Waals surface area contributed by atoms with Crippen molar-refractivity contribution in [1.82, 2.24) is 9.88 Å². The molecule has 1 aromatic carbocycles. The maximum Gasteiger partial charge on any atom is 0.255 e. The number of rotatable bonds is 4. The molecule has 2 aliphatic rings. The van der Waals surface area contributed by atoms with Gasteiger partial charge in [0.05, 0.1) is 18.7 Å². The Hall–Kier alpha value is -2.47. The standard InChI is InChI=1S/C19H20FN3O2/c20-15-4-1-13(2-5-15)17-12-23(9-10-25-17)19(24)14-3-8-18(21-11-14)22-16-6-7-16/h1-5,8,11,16-17H,6-7,9-10,12H2,(H,21,22)/t17-/m1/s1. The van der Waals surface area contributed by atoms with E-state index in [9.17, 15) is 9.18 Å². The number of carbonyl (C=O) groups is 1. The molecule has 0 unspecified atom stereocenters. The highest BCUT2D eigenvalue weighted by atomic mass is 19.1. The third-order valence-electron chi connectivity index (χ3n) is 4.54. The third kappa shape index (κ3) is 3.79. The number of aromatic nitrogens is 1. The van der Waals surface area contributed by atoms with E-state index in [1.54, 1.807) is 23.2 Å². The van der Waals surface area contributed by atoms with E-state index in [1.807, 2.05) is 12.1 Å². The van der Waals surface area contributed by atoms with Crippen LogP contribution in [0.1, 0.15) is 34.9 Å². The molecule has 1 N–H and O–H groups in total. The largest absolute Gasteiger partial charge is 0.370 e. The highest BCUT2D eigenvalue weighted by Crippen LogP contribution is 2.25. The first-order chi connectivity index (χ1) is 12.2. The van der Waals surface area contributed by atoms with Gasteiger partial charge in [-0.1, -0.05) is 12.1 Å². The molecular weight excluding hydrogens is 321 g/mol. The average Bonchev–Trinajstić information content (AvgIpc) is 3.46. The maximum absolute atomic E-state index is 13.1. The Labute approximate surface area is 145 Å². The van der Waals surface area contributed by atoms with Crippen LogP contribution in [-0.2, 0) is 4.74 Å². The summed E-state index contributed by atoms with van der Waals surface area (Å²) in [5.41, 5.74) is 1.45. The zero-order valence-electron chi connectivity index (χ0n) is 13.8. The number of benzene rings is 1. The molecule has 1 aromatic heterocycles. The number of pyridine rings is 1. The van der Waals surface area contributed by atoms with Crippen LogP contribution in [0.4, 0.5) is 10.2 Å². The van der Waals surface area contributed by atoms with Crippen LogP contribution in [0.2, 0.25) is 0 Å². The number of carbonyl (C=O) groups excluding carboxylic acids is 1. The molecule has 1 atom stereocenters. The molecule has 1 saturated heterocycles. The Balaban J connectivity index is 1.43. The average molecular weight is 341 g/mol. The summed E-state index contributed by atoms with van der Waals surface area (Å²) in [5.74, 6) is 0.476. The first-order valence-corrected chi connectivity index (χ1v) is 8.58. The minimum atomic E-state index is -0.279. The van der Waals surface area contributed by atoms with Crippen molar-refractivity contribution in [2.45, 2.75) is 25.0 Å². The van der Waals surface area contributed by atoms with Crippen molar-refractivity contribution in [3.63, 3.8) is 0 Å². The molecule has 5 nitrogen and oxygen atoms in total. The molecule has 2 heterocycles. The van der Waals surface area contributed by atoms with E-state index in [1.165, 1.54) is 25.0 Å². The van der Waals surface area contributed by atoms with Crippen molar-refractivity contribution >= 4 is 11.7 Å². The van der Waals surface area contributed by atoms with E-state index >= 15 is 0 Å². The molecule has 130 valence electrons. The minimum absolute atomic E-state index is 0.0547. The van der Waals surface area contributed by atoms with Crippen LogP contribution in [0.3, 0.4) is 0 Å². The van der Waals surface area contributed by atoms with Crippen molar-refractivity contribution in [1.29, 1.82) is 0 Å². The Kier molecular flexibility index (Phi) is 4.36. The van der Waals surface area contributed by atoms with Gasteiger partial charge in [0.2, 0.25) is 0 Å². The van der Waals surface area contributed by atoms with Gasteiger partial charge in [0.25, 0.3) is 5.91 Å². The van der Waals surface area contributed by atoms with Crippen LogP contribution in [0.5, 0.6) is 0 Å². The lowest BCUT2D eigenvalue weighted by molar-refractivity contribution is -0.0228. The van der Waals surface area contributed by atoms with Gasteiger partial charge in [0.1, 0.15) is 17.7 Å². The highest BCUT2D eigenvalue weighted by Gasteiger charge is 2.26. The SMILES string of the molecule is O=C(c1ccc(NC2CC2)nc1)N1CCO[C@@H](c2ccc(F)cc2)C1. The van der Waals surface area contributed by atoms with Gasteiger partial charge in [-0.25, -0.2) is 9.37 Å². The first kappa shape index (κ1) is 16.0. The number of hydrogen-bond donors (Lipinski definition) is 1. The minimum Gasteiger partial charge on any atom is -0.370 e. The summed E-state index contributed by atoms with van der Waals surface area (Å²) in [6, 6.07) is 10.4. The zero-order valence-corrected chi connectivity index (χ0v) is 13.8. The van der Waals surface area contributed by atoms with Crippen molar-refractivity contribution in [2.24, 2.45) is 0 Å². The molecule has 25 heavy (non-hydrogen) atoms. The third-order valence-corrected chi connectivity index (χ3v) is 4.54. The second-order valence-corrected chi connectivity index (χ2v) is 6.51. The highest BCUT2D eigenvalue weighted by molar-refractivity contribution is 5.94. The molecule has 1 amide bonds. The summed E-state index contributed by atoms with van der Waals surface area (Å²) in [6.45, 7) is 1.45. The second-order valence-electron chi connectivity index (χ2n) is 6.51. The summed E-state index contributed by atoms with van der Waals surface area (Å²) in [6.07, 6.45) is 3.75. The van der Waals surface area contributed by atoms with E-state index in [-0.39, 0.29) is 17.8 Å². The molecule has 1 saturated carbocycles. The normalized spacial score (nSPS) is 20.4. The zero-order chi connectivity index (χ0) is 17.2. The number of ether oxygens (including phenoxy) is 1. The molecule has 2 aromatic rings. The van der Waals surface area contributed by atoms with Gasteiger partial charge in [-0.05, 0) is 42.7 Å². The van der Waals surface area contributed by atoms with E-state index in [4.69, 9.17) is 4.74 Å². The summed E-state index contributed by atoms with van der Waals surface area (Å²) < 4.78 is 18.8. The molecule has 1 aliphatic carbocycles.